The van der Waals surface area contributed by atoms with Gasteiger partial charge in [-0.1, -0.05) is 0 Å². The zero-order valence-corrected chi connectivity index (χ0v) is 12.9. The molecule has 1 fully saturated rings. The van der Waals surface area contributed by atoms with E-state index >= 15 is 0 Å². The molecule has 1 aliphatic heterocycles. The molecule has 0 radical (unpaired) electrons. The number of nitrogens with two attached hydrogens (primary N) is 1. The summed E-state index contributed by atoms with van der Waals surface area (Å²) < 4.78 is 10.7. The number of piperidine rings is 1. The zero-order valence-electron chi connectivity index (χ0n) is 12.9. The van der Waals surface area contributed by atoms with E-state index in [4.69, 9.17) is 20.5 Å². The average Bonchev–Trinajstić information content (AvgIpc) is 2.59. The minimum Gasteiger partial charge on any atom is -0.493 e. The molecule has 7 heteroatoms. The van der Waals surface area contributed by atoms with Crippen LogP contribution < -0.4 is 15.2 Å². The molecule has 23 heavy (non-hydrogen) atoms. The fraction of sp³-hybridized carbons (Fsp3) is 0.438. The molecule has 1 heterocycles. The summed E-state index contributed by atoms with van der Waals surface area (Å²) in [6.07, 6.45) is 1.17. The van der Waals surface area contributed by atoms with Crippen LogP contribution in [-0.4, -0.2) is 43.5 Å². The van der Waals surface area contributed by atoms with Gasteiger partial charge in [0.2, 0.25) is 5.91 Å². The first-order chi connectivity index (χ1) is 11.0. The molecule has 1 aromatic rings. The topological polar surface area (TPSA) is 106 Å². The van der Waals surface area contributed by atoms with E-state index in [0.717, 1.165) is 0 Å². The second-order valence-electron chi connectivity index (χ2n) is 5.32. The van der Waals surface area contributed by atoms with Crippen LogP contribution in [0.25, 0.3) is 0 Å². The van der Waals surface area contributed by atoms with Crippen molar-refractivity contribution in [2.45, 2.75) is 12.8 Å². The first-order valence-electron chi connectivity index (χ1n) is 7.33. The molecule has 1 saturated heterocycles. The Labute approximate surface area is 134 Å². The number of nitrogens with zero attached hydrogens (tertiary/aromatic N) is 2. The highest BCUT2D eigenvalue weighted by Gasteiger charge is 2.26. The Kier molecular flexibility index (Phi) is 5.41. The van der Waals surface area contributed by atoms with Crippen LogP contribution in [0, 0.1) is 17.2 Å². The van der Waals surface area contributed by atoms with Crippen molar-refractivity contribution >= 4 is 11.8 Å². The third kappa shape index (κ3) is 4.13. The number of primary amides is 1. The molecule has 0 aliphatic carbocycles. The molecule has 0 atom stereocenters. The van der Waals surface area contributed by atoms with Crippen molar-refractivity contribution in [2.75, 3.05) is 26.8 Å². The number of nitriles is 1. The van der Waals surface area contributed by atoms with Gasteiger partial charge in [0.1, 0.15) is 0 Å². The second kappa shape index (κ2) is 7.49. The van der Waals surface area contributed by atoms with Crippen LogP contribution in [0.3, 0.4) is 0 Å². The van der Waals surface area contributed by atoms with Crippen molar-refractivity contribution in [3.63, 3.8) is 0 Å². The third-order valence-electron chi connectivity index (χ3n) is 3.89. The van der Waals surface area contributed by atoms with Crippen molar-refractivity contribution in [3.05, 3.63) is 23.8 Å². The largest absolute Gasteiger partial charge is 0.493 e. The number of carbonyl (C=O) groups excluding carboxylic acids is 2. The van der Waals surface area contributed by atoms with Gasteiger partial charge >= 0.3 is 0 Å². The quantitative estimate of drug-likeness (QED) is 0.859. The van der Waals surface area contributed by atoms with E-state index in [9.17, 15) is 9.59 Å². The van der Waals surface area contributed by atoms with Gasteiger partial charge in [-0.3, -0.25) is 9.59 Å². The standard InChI is InChI=1S/C16H19N3O4/c1-22-14-8-11(9-17)2-3-13(14)23-10-15(20)19-6-4-12(5-7-19)16(18)21/h2-3,8,12H,4-7,10H2,1H3,(H2,18,21). The SMILES string of the molecule is COc1cc(C#N)ccc1OCC(=O)N1CCC(C(N)=O)CC1. The van der Waals surface area contributed by atoms with Crippen LogP contribution in [0.4, 0.5) is 0 Å². The number of ether oxygens (including phenoxy) is 2. The van der Waals surface area contributed by atoms with Crippen LogP contribution in [0.1, 0.15) is 18.4 Å². The molecule has 1 aliphatic rings. The van der Waals surface area contributed by atoms with Crippen LogP contribution >= 0.6 is 0 Å². The Morgan fingerprint density at radius 1 is 1.35 bits per heavy atom. The van der Waals surface area contributed by atoms with Gasteiger partial charge < -0.3 is 20.1 Å². The van der Waals surface area contributed by atoms with Gasteiger partial charge in [-0.2, -0.15) is 5.26 Å². The van der Waals surface area contributed by atoms with Crippen molar-refractivity contribution in [1.29, 1.82) is 5.26 Å². The molecule has 2 rings (SSSR count). The van der Waals surface area contributed by atoms with E-state index < -0.39 is 0 Å². The molecule has 2 N–H and O–H groups in total. The van der Waals surface area contributed by atoms with E-state index in [1.807, 2.05) is 6.07 Å². The zero-order chi connectivity index (χ0) is 16.8. The monoisotopic (exact) mass is 317 g/mol. The summed E-state index contributed by atoms with van der Waals surface area (Å²) in [7, 11) is 1.47. The summed E-state index contributed by atoms with van der Waals surface area (Å²) in [6, 6.07) is 6.76. The van der Waals surface area contributed by atoms with E-state index in [1.54, 1.807) is 23.1 Å². The normalized spacial score (nSPS) is 14.9. The Balaban J connectivity index is 1.90. The molecule has 0 aromatic heterocycles. The predicted octanol–water partition coefficient (Wildman–Crippen LogP) is 0.670. The summed E-state index contributed by atoms with van der Waals surface area (Å²) >= 11 is 0. The molecule has 0 saturated carbocycles. The molecular formula is C16H19N3O4. The maximum atomic E-state index is 12.2. The number of likely N-dealkylation sites (tertiary alicyclic amines) is 1. The van der Waals surface area contributed by atoms with Gasteiger partial charge in [0.15, 0.2) is 18.1 Å². The van der Waals surface area contributed by atoms with Gasteiger partial charge in [0, 0.05) is 25.1 Å². The lowest BCUT2D eigenvalue weighted by molar-refractivity contribution is -0.136. The Morgan fingerprint density at radius 2 is 2.04 bits per heavy atom. The van der Waals surface area contributed by atoms with E-state index in [2.05, 4.69) is 0 Å². The fourth-order valence-corrected chi connectivity index (χ4v) is 2.50. The highest BCUT2D eigenvalue weighted by Crippen LogP contribution is 2.28. The highest BCUT2D eigenvalue weighted by molar-refractivity contribution is 5.79. The Morgan fingerprint density at radius 3 is 2.61 bits per heavy atom. The van der Waals surface area contributed by atoms with Crippen molar-refractivity contribution in [3.8, 4) is 17.6 Å². The summed E-state index contributed by atoms with van der Waals surface area (Å²) in [5.41, 5.74) is 5.73. The molecule has 2 amide bonds. The van der Waals surface area contributed by atoms with Crippen molar-refractivity contribution in [2.24, 2.45) is 11.7 Å². The minimum absolute atomic E-state index is 0.122. The fourth-order valence-electron chi connectivity index (χ4n) is 2.50. The molecular weight excluding hydrogens is 298 g/mol. The first-order valence-corrected chi connectivity index (χ1v) is 7.33. The predicted molar refractivity (Wildman–Crippen MR) is 81.7 cm³/mol. The average molecular weight is 317 g/mol. The van der Waals surface area contributed by atoms with Gasteiger partial charge in [0.05, 0.1) is 18.7 Å². The Hall–Kier alpha value is -2.75. The molecule has 7 nitrogen and oxygen atoms in total. The van der Waals surface area contributed by atoms with E-state index in [-0.39, 0.29) is 24.3 Å². The first kappa shape index (κ1) is 16.6. The number of hydrogen-bond donors (Lipinski definition) is 1. The summed E-state index contributed by atoms with van der Waals surface area (Å²) in [4.78, 5) is 24.9. The van der Waals surface area contributed by atoms with Gasteiger partial charge in [0.25, 0.3) is 5.91 Å². The molecule has 0 bridgehead atoms. The lowest BCUT2D eigenvalue weighted by atomic mass is 9.96. The number of benzene rings is 1. The smallest absolute Gasteiger partial charge is 0.260 e. The second-order valence-corrected chi connectivity index (χ2v) is 5.32. The third-order valence-corrected chi connectivity index (χ3v) is 3.89. The number of methoxy groups -OCH3 is 1. The molecule has 0 unspecified atom stereocenters. The molecule has 122 valence electrons. The summed E-state index contributed by atoms with van der Waals surface area (Å²) in [6.45, 7) is 0.879. The number of rotatable bonds is 5. The van der Waals surface area contributed by atoms with E-state index in [1.165, 1.54) is 7.11 Å². The number of amides is 2. The van der Waals surface area contributed by atoms with Crippen LogP contribution in [0.2, 0.25) is 0 Å². The summed E-state index contributed by atoms with van der Waals surface area (Å²) in [5, 5.41) is 8.86. The van der Waals surface area contributed by atoms with E-state index in [0.29, 0.717) is 43.0 Å². The van der Waals surface area contributed by atoms with Gasteiger partial charge in [-0.25, -0.2) is 0 Å². The molecule has 0 spiro atoms. The molecule has 1 aromatic carbocycles. The van der Waals surface area contributed by atoms with Crippen LogP contribution in [0.5, 0.6) is 11.5 Å². The van der Waals surface area contributed by atoms with Gasteiger partial charge in [-0.15, -0.1) is 0 Å². The highest BCUT2D eigenvalue weighted by atomic mass is 16.5. The minimum atomic E-state index is -0.310. The number of hydrogen-bond acceptors (Lipinski definition) is 5. The maximum absolute atomic E-state index is 12.2. The lowest BCUT2D eigenvalue weighted by Crippen LogP contribution is -2.43. The summed E-state index contributed by atoms with van der Waals surface area (Å²) in [5.74, 6) is 0.199. The van der Waals surface area contributed by atoms with Gasteiger partial charge in [-0.05, 0) is 25.0 Å². The Bertz CT molecular complexity index is 631. The maximum Gasteiger partial charge on any atom is 0.260 e. The number of carbonyl (C=O) groups is 2. The van der Waals surface area contributed by atoms with Crippen LogP contribution in [-0.2, 0) is 9.59 Å². The van der Waals surface area contributed by atoms with Crippen LogP contribution in [0.15, 0.2) is 18.2 Å². The van der Waals surface area contributed by atoms with Crippen molar-refractivity contribution < 1.29 is 19.1 Å². The van der Waals surface area contributed by atoms with Crippen molar-refractivity contribution in [1.82, 2.24) is 4.90 Å². The lowest BCUT2D eigenvalue weighted by Gasteiger charge is -2.30.